The molecule has 2 aromatic rings. The highest BCUT2D eigenvalue weighted by molar-refractivity contribution is 7.91. The Morgan fingerprint density at radius 3 is 2.68 bits per heavy atom. The molecule has 1 aliphatic rings. The number of imidazole rings is 1. The summed E-state index contributed by atoms with van der Waals surface area (Å²) in [5.74, 6) is 0.961. The second-order valence-electron chi connectivity index (χ2n) is 5.20. The number of hydrogen-bond donors (Lipinski definition) is 1. The third-order valence-corrected chi connectivity index (χ3v) is 5.46. The zero-order valence-electron chi connectivity index (χ0n) is 10.5. The topological polar surface area (TPSA) is 71.4 Å². The fourth-order valence-electron chi connectivity index (χ4n) is 2.65. The molecule has 2 aromatic heterocycles. The molecule has 0 unspecified atom stereocenters. The average Bonchev–Trinajstić information content (AvgIpc) is 2.76. The smallest absolute Gasteiger partial charge is 0.256 e. The van der Waals surface area contributed by atoms with Gasteiger partial charge in [0.1, 0.15) is 15.5 Å². The van der Waals surface area contributed by atoms with E-state index < -0.39 is 9.84 Å². The molecule has 0 aliphatic carbocycles. The van der Waals surface area contributed by atoms with E-state index in [-0.39, 0.29) is 17.1 Å². The Hall–Kier alpha value is -1.56. The molecule has 1 aliphatic heterocycles. The summed E-state index contributed by atoms with van der Waals surface area (Å²) in [6.07, 6.45) is 4.05. The lowest BCUT2D eigenvalue weighted by molar-refractivity contribution is 0.459. The molecule has 0 bridgehead atoms. The van der Waals surface area contributed by atoms with Crippen LogP contribution in [0.15, 0.2) is 29.2 Å². The van der Waals surface area contributed by atoms with Crippen LogP contribution in [0.25, 0.3) is 5.65 Å². The van der Waals surface area contributed by atoms with Crippen LogP contribution in [0.2, 0.25) is 0 Å². The number of pyridine rings is 1. The maximum atomic E-state index is 11.6. The predicted octanol–water partition coefficient (Wildman–Crippen LogP) is 0.995. The van der Waals surface area contributed by atoms with Gasteiger partial charge in [-0.2, -0.15) is 0 Å². The first kappa shape index (κ1) is 12.5. The minimum atomic E-state index is -2.80. The van der Waals surface area contributed by atoms with E-state index in [2.05, 4.69) is 4.98 Å². The third-order valence-electron chi connectivity index (χ3n) is 3.75. The van der Waals surface area contributed by atoms with Crippen molar-refractivity contribution < 1.29 is 8.42 Å². The second kappa shape index (κ2) is 4.52. The van der Waals surface area contributed by atoms with E-state index in [0.29, 0.717) is 18.8 Å². The van der Waals surface area contributed by atoms with Crippen LogP contribution in [-0.2, 0) is 16.3 Å². The summed E-state index contributed by atoms with van der Waals surface area (Å²) in [6, 6.07) is 5.11. The van der Waals surface area contributed by atoms with Gasteiger partial charge in [-0.25, -0.2) is 8.42 Å². The number of H-pyrrole nitrogens is 1. The Labute approximate surface area is 111 Å². The molecule has 0 spiro atoms. The fraction of sp³-hybridized carbons (Fsp3) is 0.462. The molecule has 3 heterocycles. The summed E-state index contributed by atoms with van der Waals surface area (Å²) in [5.41, 5.74) is 1.73. The van der Waals surface area contributed by atoms with E-state index in [1.807, 2.05) is 12.3 Å². The van der Waals surface area contributed by atoms with Crippen molar-refractivity contribution in [2.24, 2.45) is 5.92 Å². The maximum absolute atomic E-state index is 11.6. The van der Waals surface area contributed by atoms with Crippen LogP contribution in [0, 0.1) is 5.92 Å². The Morgan fingerprint density at radius 2 is 2.00 bits per heavy atom. The molecule has 0 amide bonds. The number of hydrogen-bond acceptors (Lipinski definition) is 3. The van der Waals surface area contributed by atoms with Crippen LogP contribution < -0.4 is 5.56 Å². The monoisotopic (exact) mass is 280 g/mol. The number of fused-ring (bicyclic) bond motifs is 1. The summed E-state index contributed by atoms with van der Waals surface area (Å²) in [5, 5.41) is 0. The van der Waals surface area contributed by atoms with E-state index in [1.54, 1.807) is 10.5 Å². The first-order valence-corrected chi connectivity index (χ1v) is 8.25. The normalized spacial score (nSPS) is 19.8. The summed E-state index contributed by atoms with van der Waals surface area (Å²) >= 11 is 0. The predicted molar refractivity (Wildman–Crippen MR) is 73.1 cm³/mol. The highest BCUT2D eigenvalue weighted by Gasteiger charge is 2.24. The van der Waals surface area contributed by atoms with Crippen LogP contribution in [0.4, 0.5) is 0 Å². The van der Waals surface area contributed by atoms with Gasteiger partial charge in [-0.15, -0.1) is 0 Å². The molecule has 6 heteroatoms. The maximum Gasteiger partial charge on any atom is 0.256 e. The fourth-order valence-corrected chi connectivity index (χ4v) is 4.24. The van der Waals surface area contributed by atoms with Crippen molar-refractivity contribution >= 4 is 15.5 Å². The number of aromatic nitrogens is 2. The van der Waals surface area contributed by atoms with Crippen molar-refractivity contribution in [3.8, 4) is 0 Å². The highest BCUT2D eigenvalue weighted by Crippen LogP contribution is 2.22. The third kappa shape index (κ3) is 2.58. The zero-order valence-corrected chi connectivity index (χ0v) is 11.3. The van der Waals surface area contributed by atoms with Gasteiger partial charge in [0.05, 0.1) is 11.5 Å². The van der Waals surface area contributed by atoms with Crippen LogP contribution in [0.5, 0.6) is 0 Å². The average molecular weight is 280 g/mol. The Kier molecular flexibility index (Phi) is 2.97. The lowest BCUT2D eigenvalue weighted by Gasteiger charge is -2.20. The molecule has 0 aromatic carbocycles. The summed E-state index contributed by atoms with van der Waals surface area (Å²) < 4.78 is 24.4. The SMILES string of the molecule is O=c1cccc2[nH]c(CC3CCS(=O)(=O)CC3)cn12. The van der Waals surface area contributed by atoms with Crippen LogP contribution in [0.3, 0.4) is 0 Å². The number of nitrogens with one attached hydrogen (secondary N) is 1. The van der Waals surface area contributed by atoms with Crippen molar-refractivity contribution in [3.63, 3.8) is 0 Å². The molecule has 19 heavy (non-hydrogen) atoms. The first-order valence-electron chi connectivity index (χ1n) is 6.43. The molecule has 5 nitrogen and oxygen atoms in total. The van der Waals surface area contributed by atoms with E-state index in [1.165, 1.54) is 6.07 Å². The van der Waals surface area contributed by atoms with Crippen molar-refractivity contribution in [3.05, 3.63) is 40.4 Å². The Morgan fingerprint density at radius 1 is 1.26 bits per heavy atom. The highest BCUT2D eigenvalue weighted by atomic mass is 32.2. The van der Waals surface area contributed by atoms with Gasteiger partial charge in [-0.05, 0) is 31.2 Å². The van der Waals surface area contributed by atoms with Gasteiger partial charge in [0.25, 0.3) is 5.56 Å². The van der Waals surface area contributed by atoms with Crippen LogP contribution in [-0.4, -0.2) is 29.3 Å². The minimum absolute atomic E-state index is 0.0498. The van der Waals surface area contributed by atoms with Gasteiger partial charge >= 0.3 is 0 Å². The van der Waals surface area contributed by atoms with Gasteiger partial charge in [0.15, 0.2) is 0 Å². The number of sulfone groups is 1. The van der Waals surface area contributed by atoms with Crippen LogP contribution >= 0.6 is 0 Å². The molecule has 0 atom stereocenters. The van der Waals surface area contributed by atoms with Gasteiger partial charge in [-0.1, -0.05) is 6.07 Å². The standard InChI is InChI=1S/C13H16N2O3S/c16-13-3-1-2-12-14-11(9-15(12)13)8-10-4-6-19(17,18)7-5-10/h1-3,9-10,14H,4-8H2. The molecule has 0 radical (unpaired) electrons. The molecule has 1 saturated heterocycles. The molecule has 1 fully saturated rings. The van der Waals surface area contributed by atoms with Gasteiger partial charge in [-0.3, -0.25) is 9.20 Å². The molecule has 3 rings (SSSR count). The van der Waals surface area contributed by atoms with Crippen LogP contribution in [0.1, 0.15) is 18.5 Å². The van der Waals surface area contributed by atoms with Gasteiger partial charge in [0, 0.05) is 18.0 Å². The molecular formula is C13H16N2O3S. The largest absolute Gasteiger partial charge is 0.343 e. The minimum Gasteiger partial charge on any atom is -0.343 e. The lowest BCUT2D eigenvalue weighted by atomic mass is 9.97. The molecular weight excluding hydrogens is 264 g/mol. The quantitative estimate of drug-likeness (QED) is 0.892. The molecule has 1 N–H and O–H groups in total. The number of rotatable bonds is 2. The van der Waals surface area contributed by atoms with Crippen molar-refractivity contribution in [1.29, 1.82) is 0 Å². The lowest BCUT2D eigenvalue weighted by Crippen LogP contribution is -2.24. The first-order chi connectivity index (χ1) is 9.03. The number of aromatic amines is 1. The van der Waals surface area contributed by atoms with E-state index in [0.717, 1.165) is 17.8 Å². The zero-order chi connectivity index (χ0) is 13.5. The van der Waals surface area contributed by atoms with E-state index in [4.69, 9.17) is 0 Å². The Balaban J connectivity index is 1.79. The molecule has 102 valence electrons. The second-order valence-corrected chi connectivity index (χ2v) is 7.50. The van der Waals surface area contributed by atoms with Gasteiger partial charge in [0.2, 0.25) is 0 Å². The molecule has 0 saturated carbocycles. The summed E-state index contributed by atoms with van der Waals surface area (Å²) in [7, 11) is -2.80. The summed E-state index contributed by atoms with van der Waals surface area (Å²) in [6.45, 7) is 0. The van der Waals surface area contributed by atoms with E-state index >= 15 is 0 Å². The van der Waals surface area contributed by atoms with E-state index in [9.17, 15) is 13.2 Å². The van der Waals surface area contributed by atoms with Gasteiger partial charge < -0.3 is 4.98 Å². The Bertz CT molecular complexity index is 744. The van der Waals surface area contributed by atoms with Crippen molar-refractivity contribution in [1.82, 2.24) is 9.38 Å². The number of nitrogens with zero attached hydrogens (tertiary/aromatic N) is 1. The van der Waals surface area contributed by atoms with Crippen molar-refractivity contribution in [2.45, 2.75) is 19.3 Å². The van der Waals surface area contributed by atoms with Crippen molar-refractivity contribution in [2.75, 3.05) is 11.5 Å². The summed E-state index contributed by atoms with van der Waals surface area (Å²) in [4.78, 5) is 14.9.